The molecular weight excluding hydrogens is 314 g/mol. The molecule has 0 aliphatic rings. The van der Waals surface area contributed by atoms with Gasteiger partial charge in [-0.15, -0.1) is 0 Å². The predicted octanol–water partition coefficient (Wildman–Crippen LogP) is 2.74. The first-order valence-corrected chi connectivity index (χ1v) is 9.07. The van der Waals surface area contributed by atoms with E-state index in [0.29, 0.717) is 18.7 Å². The van der Waals surface area contributed by atoms with E-state index in [9.17, 15) is 9.59 Å². The summed E-state index contributed by atoms with van der Waals surface area (Å²) >= 11 is 0. The molecule has 5 nitrogen and oxygen atoms in total. The molecule has 4 N–H and O–H groups in total. The summed E-state index contributed by atoms with van der Waals surface area (Å²) in [6, 6.07) is 7.59. The van der Waals surface area contributed by atoms with Crippen LogP contribution in [0.3, 0.4) is 0 Å². The number of hydrogen-bond acceptors (Lipinski definition) is 3. The summed E-state index contributed by atoms with van der Waals surface area (Å²) in [6.07, 6.45) is 1.82. The Labute approximate surface area is 151 Å². The summed E-state index contributed by atoms with van der Waals surface area (Å²) in [6.45, 7) is 11.1. The van der Waals surface area contributed by atoms with Crippen LogP contribution in [0, 0.1) is 0 Å². The van der Waals surface area contributed by atoms with Gasteiger partial charge in [-0.05, 0) is 36.0 Å². The van der Waals surface area contributed by atoms with Crippen LogP contribution in [0.1, 0.15) is 69.8 Å². The quantitative estimate of drug-likeness (QED) is 0.676. The minimum absolute atomic E-state index is 0.0567. The van der Waals surface area contributed by atoms with Gasteiger partial charge in [0.1, 0.15) is 0 Å². The van der Waals surface area contributed by atoms with E-state index in [4.69, 9.17) is 5.73 Å². The minimum Gasteiger partial charge on any atom is -0.352 e. The van der Waals surface area contributed by atoms with E-state index >= 15 is 0 Å². The van der Waals surface area contributed by atoms with Crippen LogP contribution < -0.4 is 16.4 Å². The van der Waals surface area contributed by atoms with Crippen LogP contribution in [-0.4, -0.2) is 30.4 Å². The average molecular weight is 348 g/mol. The van der Waals surface area contributed by atoms with Crippen LogP contribution in [0.2, 0.25) is 0 Å². The van der Waals surface area contributed by atoms with Gasteiger partial charge in [-0.25, -0.2) is 0 Å². The monoisotopic (exact) mass is 347 g/mol. The number of hydrogen-bond donors (Lipinski definition) is 3. The molecule has 5 heteroatoms. The zero-order chi connectivity index (χ0) is 19.1. The fourth-order valence-corrected chi connectivity index (χ4v) is 2.64. The second-order valence-corrected chi connectivity index (χ2v) is 7.57. The van der Waals surface area contributed by atoms with Gasteiger partial charge in [0.15, 0.2) is 0 Å². The van der Waals surface area contributed by atoms with Crippen molar-refractivity contribution in [1.29, 1.82) is 0 Å². The molecule has 0 aliphatic heterocycles. The van der Waals surface area contributed by atoms with Crippen molar-refractivity contribution in [2.24, 2.45) is 5.73 Å². The largest absolute Gasteiger partial charge is 0.352 e. The van der Waals surface area contributed by atoms with E-state index in [0.717, 1.165) is 12.8 Å². The van der Waals surface area contributed by atoms with Crippen molar-refractivity contribution in [3.8, 4) is 0 Å². The molecule has 0 spiro atoms. The number of carbonyl (C=O) groups is 2. The van der Waals surface area contributed by atoms with E-state index in [2.05, 4.69) is 31.4 Å². The molecule has 1 rings (SSSR count). The second kappa shape index (κ2) is 8.99. The Balaban J connectivity index is 2.50. The van der Waals surface area contributed by atoms with Gasteiger partial charge in [-0.3, -0.25) is 9.59 Å². The number of benzene rings is 1. The van der Waals surface area contributed by atoms with Gasteiger partial charge >= 0.3 is 0 Å². The van der Waals surface area contributed by atoms with E-state index in [-0.39, 0.29) is 29.2 Å². The Bertz CT molecular complexity index is 561. The van der Waals surface area contributed by atoms with Crippen molar-refractivity contribution in [2.75, 3.05) is 13.1 Å². The number of nitrogens with one attached hydrogen (secondary N) is 2. The molecule has 2 amide bonds. The Morgan fingerprint density at radius 2 is 1.60 bits per heavy atom. The van der Waals surface area contributed by atoms with Crippen LogP contribution in [0.4, 0.5) is 0 Å². The lowest BCUT2D eigenvalue weighted by Crippen LogP contribution is -2.53. The van der Waals surface area contributed by atoms with Crippen molar-refractivity contribution in [1.82, 2.24) is 10.6 Å². The smallest absolute Gasteiger partial charge is 0.251 e. The molecule has 0 radical (unpaired) electrons. The van der Waals surface area contributed by atoms with Gasteiger partial charge in [0.05, 0.1) is 5.54 Å². The molecule has 0 heterocycles. The fraction of sp³-hybridized carbons (Fsp3) is 0.600. The van der Waals surface area contributed by atoms with E-state index in [1.165, 1.54) is 5.56 Å². The third-order valence-corrected chi connectivity index (χ3v) is 4.80. The van der Waals surface area contributed by atoms with Crippen molar-refractivity contribution in [3.63, 3.8) is 0 Å². The predicted molar refractivity (Wildman–Crippen MR) is 103 cm³/mol. The number of amides is 2. The lowest BCUT2D eigenvalue weighted by atomic mass is 9.87. The summed E-state index contributed by atoms with van der Waals surface area (Å²) in [5.41, 5.74) is 7.29. The maximum atomic E-state index is 12.2. The number of rotatable bonds is 8. The Kier molecular flexibility index (Phi) is 7.61. The van der Waals surface area contributed by atoms with Crippen LogP contribution in [0.25, 0.3) is 0 Å². The third-order valence-electron chi connectivity index (χ3n) is 4.80. The topological polar surface area (TPSA) is 84.2 Å². The molecule has 0 saturated carbocycles. The molecule has 0 atom stereocenters. The Morgan fingerprint density at radius 1 is 1.04 bits per heavy atom. The zero-order valence-electron chi connectivity index (χ0n) is 16.2. The molecule has 25 heavy (non-hydrogen) atoms. The first kappa shape index (κ1) is 21.2. The molecule has 0 unspecified atom stereocenters. The van der Waals surface area contributed by atoms with Crippen molar-refractivity contribution in [3.05, 3.63) is 35.4 Å². The van der Waals surface area contributed by atoms with Crippen molar-refractivity contribution < 1.29 is 9.59 Å². The average Bonchev–Trinajstić information content (AvgIpc) is 2.59. The highest BCUT2D eigenvalue weighted by Gasteiger charge is 2.25. The summed E-state index contributed by atoms with van der Waals surface area (Å²) < 4.78 is 0. The van der Waals surface area contributed by atoms with Crippen LogP contribution >= 0.6 is 0 Å². The third kappa shape index (κ3) is 6.16. The number of carbonyl (C=O) groups excluding carboxylic acids is 2. The molecule has 1 aromatic carbocycles. The fourth-order valence-electron chi connectivity index (χ4n) is 2.64. The molecule has 0 fully saturated rings. The highest BCUT2D eigenvalue weighted by molar-refractivity contribution is 5.94. The van der Waals surface area contributed by atoms with Gasteiger partial charge < -0.3 is 16.4 Å². The van der Waals surface area contributed by atoms with Crippen LogP contribution in [-0.2, 0) is 10.2 Å². The molecule has 0 aliphatic carbocycles. The van der Waals surface area contributed by atoms with E-state index in [1.54, 1.807) is 0 Å². The standard InChI is InChI=1S/C20H33N3O2/c1-6-20(7-2,14-21)23-17(24)12-13-22-18(25)15-8-10-16(11-9-15)19(3,4)5/h8-11H,6-7,12-14,21H2,1-5H3,(H,22,25)(H,23,24). The molecule has 0 aromatic heterocycles. The Morgan fingerprint density at radius 3 is 2.04 bits per heavy atom. The lowest BCUT2D eigenvalue weighted by Gasteiger charge is -2.31. The molecule has 0 saturated heterocycles. The first-order chi connectivity index (χ1) is 11.7. The molecule has 1 aromatic rings. The van der Waals surface area contributed by atoms with E-state index in [1.807, 2.05) is 38.1 Å². The van der Waals surface area contributed by atoms with Gasteiger partial charge in [0, 0.05) is 25.1 Å². The highest BCUT2D eigenvalue weighted by Crippen LogP contribution is 2.22. The summed E-state index contributed by atoms with van der Waals surface area (Å²) in [7, 11) is 0. The molecular formula is C20H33N3O2. The second-order valence-electron chi connectivity index (χ2n) is 7.57. The zero-order valence-corrected chi connectivity index (χ0v) is 16.2. The Hall–Kier alpha value is -1.88. The molecule has 140 valence electrons. The number of nitrogens with two attached hydrogens (primary N) is 1. The normalized spacial score (nSPS) is 11.9. The van der Waals surface area contributed by atoms with Crippen molar-refractivity contribution in [2.45, 2.75) is 64.8 Å². The molecule has 0 bridgehead atoms. The van der Waals surface area contributed by atoms with Gasteiger partial charge in [0.25, 0.3) is 5.91 Å². The van der Waals surface area contributed by atoms with Crippen molar-refractivity contribution >= 4 is 11.8 Å². The summed E-state index contributed by atoms with van der Waals surface area (Å²) in [5, 5.41) is 5.80. The maximum Gasteiger partial charge on any atom is 0.251 e. The first-order valence-electron chi connectivity index (χ1n) is 9.07. The SMILES string of the molecule is CCC(CC)(CN)NC(=O)CCNC(=O)c1ccc(C(C)(C)C)cc1. The van der Waals surface area contributed by atoms with Gasteiger partial charge in [-0.1, -0.05) is 46.8 Å². The maximum absolute atomic E-state index is 12.2. The lowest BCUT2D eigenvalue weighted by molar-refractivity contribution is -0.122. The summed E-state index contributed by atoms with van der Waals surface area (Å²) in [4.78, 5) is 24.3. The van der Waals surface area contributed by atoms with Gasteiger partial charge in [0.2, 0.25) is 5.91 Å². The summed E-state index contributed by atoms with van der Waals surface area (Å²) in [5.74, 6) is -0.248. The van der Waals surface area contributed by atoms with Gasteiger partial charge in [-0.2, -0.15) is 0 Å². The van der Waals surface area contributed by atoms with E-state index < -0.39 is 0 Å². The van der Waals surface area contributed by atoms with Crippen LogP contribution in [0.15, 0.2) is 24.3 Å². The highest BCUT2D eigenvalue weighted by atomic mass is 16.2. The van der Waals surface area contributed by atoms with Crippen LogP contribution in [0.5, 0.6) is 0 Å². The minimum atomic E-state index is -0.343.